The van der Waals surface area contributed by atoms with Crippen molar-refractivity contribution in [1.29, 1.82) is 0 Å². The van der Waals surface area contributed by atoms with E-state index in [4.69, 9.17) is 0 Å². The van der Waals surface area contributed by atoms with E-state index in [-0.39, 0.29) is 23.5 Å². The maximum atomic E-state index is 12.3. The zero-order chi connectivity index (χ0) is 17.6. The topological polar surface area (TPSA) is 92.8 Å². The largest absolute Gasteiger partial charge is 0.615 e. The van der Waals surface area contributed by atoms with Crippen molar-refractivity contribution in [2.45, 2.75) is 44.2 Å². The predicted molar refractivity (Wildman–Crippen MR) is 92.5 cm³/mol. The van der Waals surface area contributed by atoms with Crippen LogP contribution in [0.5, 0.6) is 0 Å². The SMILES string of the molecule is O=C(CN1CC2CC(C1)[C@H]1CCCC(=O)N1C2)NC1CC[S+](=O)([O-])C1. The van der Waals surface area contributed by atoms with Crippen LogP contribution in [0.15, 0.2) is 0 Å². The number of rotatable bonds is 3. The molecular formula is C17H27N3O4S. The minimum absolute atomic E-state index is 0.0707. The Morgan fingerprint density at radius 1 is 1.28 bits per heavy atom. The normalized spacial score (nSPS) is 41.5. The van der Waals surface area contributed by atoms with E-state index < -0.39 is 10.2 Å². The number of piperidine rings is 3. The summed E-state index contributed by atoms with van der Waals surface area (Å²) in [6, 6.07) is 0.122. The summed E-state index contributed by atoms with van der Waals surface area (Å²) >= 11 is 0. The summed E-state index contributed by atoms with van der Waals surface area (Å²) in [6.07, 6.45) is 4.44. The number of hydrogen-bond donors (Lipinski definition) is 1. The second-order valence-electron chi connectivity index (χ2n) is 8.23. The van der Waals surface area contributed by atoms with Crippen LogP contribution in [-0.4, -0.2) is 75.9 Å². The Balaban J connectivity index is 1.32. The molecular weight excluding hydrogens is 342 g/mol. The molecule has 2 amide bonds. The number of fused-ring (bicyclic) bond motifs is 4. The molecule has 4 aliphatic rings. The lowest BCUT2D eigenvalue weighted by Crippen LogP contribution is -2.61. The number of nitrogens with zero attached hydrogens (tertiary/aromatic N) is 2. The molecule has 4 fully saturated rings. The van der Waals surface area contributed by atoms with Gasteiger partial charge in [-0.25, -0.2) is 0 Å². The number of amides is 2. The van der Waals surface area contributed by atoms with Gasteiger partial charge in [-0.1, -0.05) is 0 Å². The Labute approximate surface area is 149 Å². The van der Waals surface area contributed by atoms with Crippen LogP contribution in [0, 0.1) is 11.8 Å². The predicted octanol–water partition coefficient (Wildman–Crippen LogP) is -0.162. The first-order valence-electron chi connectivity index (χ1n) is 9.41. The standard InChI is InChI=1S/C17H27N3O4S/c21-16(18-14-4-5-25(23,24)11-14)10-19-7-12-6-13(9-19)15-2-1-3-17(22)20(15)8-12/h12-15H,1-11H2,(H-,18,21,23,24)/t12?,13?,14?,15-/m1/s1. The van der Waals surface area contributed by atoms with Crippen LogP contribution in [0.2, 0.25) is 0 Å². The Morgan fingerprint density at radius 3 is 2.88 bits per heavy atom. The Hall–Kier alpha value is -0.990. The smallest absolute Gasteiger partial charge is 0.234 e. The summed E-state index contributed by atoms with van der Waals surface area (Å²) in [4.78, 5) is 28.8. The number of hydrogen-bond acceptors (Lipinski definition) is 5. The first kappa shape index (κ1) is 17.4. The zero-order valence-electron chi connectivity index (χ0n) is 14.5. The summed E-state index contributed by atoms with van der Waals surface area (Å²) in [5.74, 6) is 1.41. The molecule has 7 nitrogen and oxygen atoms in total. The van der Waals surface area contributed by atoms with E-state index in [1.54, 1.807) is 0 Å². The van der Waals surface area contributed by atoms with E-state index in [0.717, 1.165) is 38.9 Å². The van der Waals surface area contributed by atoms with Crippen LogP contribution < -0.4 is 5.32 Å². The van der Waals surface area contributed by atoms with Gasteiger partial charge in [0, 0.05) is 48.7 Å². The van der Waals surface area contributed by atoms with Gasteiger partial charge in [-0.05, 0) is 31.1 Å². The molecule has 5 atom stereocenters. The molecule has 0 aliphatic carbocycles. The summed E-state index contributed by atoms with van der Waals surface area (Å²) in [5, 5.41) is 2.89. The van der Waals surface area contributed by atoms with Crippen LogP contribution in [0.1, 0.15) is 32.1 Å². The fraction of sp³-hybridized carbons (Fsp3) is 0.882. The number of carbonyl (C=O) groups is 2. The molecule has 4 rings (SSSR count). The summed E-state index contributed by atoms with van der Waals surface area (Å²) < 4.78 is 23.0. The van der Waals surface area contributed by atoms with Gasteiger partial charge in [0.2, 0.25) is 11.8 Å². The molecule has 2 bridgehead atoms. The highest BCUT2D eigenvalue weighted by Crippen LogP contribution is 2.37. The molecule has 4 saturated heterocycles. The molecule has 140 valence electrons. The third kappa shape index (κ3) is 3.75. The van der Waals surface area contributed by atoms with E-state index in [1.165, 1.54) is 0 Å². The Kier molecular flexibility index (Phi) is 4.62. The lowest BCUT2D eigenvalue weighted by atomic mass is 9.76. The lowest BCUT2D eigenvalue weighted by Gasteiger charge is -2.52. The van der Waals surface area contributed by atoms with Gasteiger partial charge in [0.15, 0.2) is 0 Å². The van der Waals surface area contributed by atoms with Crippen LogP contribution in [0.25, 0.3) is 0 Å². The van der Waals surface area contributed by atoms with E-state index in [2.05, 4.69) is 15.1 Å². The summed E-state index contributed by atoms with van der Waals surface area (Å²) in [5.41, 5.74) is 0. The van der Waals surface area contributed by atoms with Crippen molar-refractivity contribution < 1.29 is 18.4 Å². The number of nitrogens with one attached hydrogen (secondary N) is 1. The van der Waals surface area contributed by atoms with E-state index >= 15 is 0 Å². The van der Waals surface area contributed by atoms with Crippen molar-refractivity contribution in [2.24, 2.45) is 11.8 Å². The molecule has 4 aliphatic heterocycles. The quantitative estimate of drug-likeness (QED) is 0.698. The fourth-order valence-corrected chi connectivity index (χ4v) is 6.90. The Bertz CT molecular complexity index is 613. The highest BCUT2D eigenvalue weighted by atomic mass is 32.3. The fourth-order valence-electron chi connectivity index (χ4n) is 5.23. The van der Waals surface area contributed by atoms with Crippen molar-refractivity contribution in [1.82, 2.24) is 15.1 Å². The lowest BCUT2D eigenvalue weighted by molar-refractivity contribution is -0.145. The average Bonchev–Trinajstić information content (AvgIpc) is 2.87. The molecule has 4 unspecified atom stereocenters. The number of carbonyl (C=O) groups excluding carboxylic acids is 2. The van der Waals surface area contributed by atoms with Gasteiger partial charge in [-0.3, -0.25) is 14.5 Å². The molecule has 0 spiro atoms. The molecule has 0 saturated carbocycles. The van der Waals surface area contributed by atoms with Gasteiger partial charge in [0.25, 0.3) is 0 Å². The monoisotopic (exact) mass is 369 g/mol. The molecule has 25 heavy (non-hydrogen) atoms. The molecule has 0 aromatic carbocycles. The number of likely N-dealkylation sites (tertiary alicyclic amines) is 1. The third-order valence-electron chi connectivity index (χ3n) is 6.22. The molecule has 0 aromatic heterocycles. The van der Waals surface area contributed by atoms with Gasteiger partial charge < -0.3 is 14.8 Å². The maximum Gasteiger partial charge on any atom is 0.234 e. The first-order valence-corrected chi connectivity index (χ1v) is 11.2. The van der Waals surface area contributed by atoms with Crippen molar-refractivity contribution >= 4 is 22.0 Å². The second-order valence-corrected chi connectivity index (χ2v) is 10.5. The van der Waals surface area contributed by atoms with Gasteiger partial charge >= 0.3 is 0 Å². The van der Waals surface area contributed by atoms with Crippen LogP contribution in [0.4, 0.5) is 0 Å². The van der Waals surface area contributed by atoms with Gasteiger partial charge in [0.1, 0.15) is 11.5 Å². The van der Waals surface area contributed by atoms with Crippen LogP contribution in [-0.2, 0) is 24.0 Å². The van der Waals surface area contributed by atoms with Crippen molar-refractivity contribution in [2.75, 3.05) is 37.7 Å². The second kappa shape index (κ2) is 6.63. The molecule has 0 radical (unpaired) electrons. The van der Waals surface area contributed by atoms with Crippen molar-refractivity contribution in [3.8, 4) is 0 Å². The van der Waals surface area contributed by atoms with E-state index in [9.17, 15) is 18.4 Å². The molecule has 4 heterocycles. The number of sulfone groups is 1. The molecule has 0 aromatic rings. The minimum Gasteiger partial charge on any atom is -0.615 e. The first-order chi connectivity index (χ1) is 11.9. The summed E-state index contributed by atoms with van der Waals surface area (Å²) in [7, 11) is -2.97. The minimum atomic E-state index is -2.97. The van der Waals surface area contributed by atoms with Gasteiger partial charge in [-0.2, -0.15) is 0 Å². The molecule has 8 heteroatoms. The molecule has 1 N–H and O–H groups in total. The highest BCUT2D eigenvalue weighted by Gasteiger charge is 2.44. The van der Waals surface area contributed by atoms with Crippen LogP contribution >= 0.6 is 0 Å². The van der Waals surface area contributed by atoms with E-state index in [0.29, 0.717) is 43.2 Å². The van der Waals surface area contributed by atoms with Crippen molar-refractivity contribution in [3.63, 3.8) is 0 Å². The highest BCUT2D eigenvalue weighted by molar-refractivity contribution is 7.97. The zero-order valence-corrected chi connectivity index (χ0v) is 15.3. The third-order valence-corrected chi connectivity index (χ3v) is 7.99. The van der Waals surface area contributed by atoms with Gasteiger partial charge in [-0.15, -0.1) is 4.21 Å². The maximum absolute atomic E-state index is 12.3. The van der Waals surface area contributed by atoms with E-state index in [1.807, 2.05) is 0 Å². The van der Waals surface area contributed by atoms with Crippen molar-refractivity contribution in [3.05, 3.63) is 0 Å². The summed E-state index contributed by atoms with van der Waals surface area (Å²) in [6.45, 7) is 2.88. The van der Waals surface area contributed by atoms with Crippen LogP contribution in [0.3, 0.4) is 0 Å². The van der Waals surface area contributed by atoms with Gasteiger partial charge in [0.05, 0.1) is 12.6 Å². The Morgan fingerprint density at radius 2 is 2.12 bits per heavy atom. The average molecular weight is 369 g/mol.